The summed E-state index contributed by atoms with van der Waals surface area (Å²) in [7, 11) is 0. The minimum Gasteiger partial charge on any atom is -0.446 e. The highest BCUT2D eigenvalue weighted by Crippen LogP contribution is 2.45. The molecule has 3 nitrogen and oxygen atoms in total. The van der Waals surface area contributed by atoms with Crippen LogP contribution >= 0.6 is 0 Å². The molecule has 2 bridgehead atoms. The number of nitrogens with zero attached hydrogens (tertiary/aromatic N) is 1. The summed E-state index contributed by atoms with van der Waals surface area (Å²) in [6, 6.07) is 0. The average Bonchev–Trinajstić information content (AvgIpc) is 2.53. The van der Waals surface area contributed by atoms with Crippen molar-refractivity contribution in [2.75, 3.05) is 13.1 Å². The monoisotopic (exact) mass is 239 g/mol. The maximum Gasteiger partial charge on any atom is 0.410 e. The largest absolute Gasteiger partial charge is 0.446 e. The van der Waals surface area contributed by atoms with Crippen molar-refractivity contribution in [3.05, 3.63) is 0 Å². The highest BCUT2D eigenvalue weighted by Gasteiger charge is 2.44. The first-order chi connectivity index (χ1) is 8.02. The molecule has 17 heavy (non-hydrogen) atoms. The van der Waals surface area contributed by atoms with Crippen LogP contribution < -0.4 is 0 Å². The van der Waals surface area contributed by atoms with Gasteiger partial charge < -0.3 is 9.64 Å². The summed E-state index contributed by atoms with van der Waals surface area (Å²) in [5.74, 6) is 2.88. The zero-order chi connectivity index (χ0) is 12.6. The third-order valence-corrected chi connectivity index (χ3v) is 4.97. The van der Waals surface area contributed by atoms with Gasteiger partial charge in [0.15, 0.2) is 0 Å². The van der Waals surface area contributed by atoms with Crippen molar-refractivity contribution < 1.29 is 9.53 Å². The smallest absolute Gasteiger partial charge is 0.410 e. The number of hydrogen-bond donors (Lipinski definition) is 0. The van der Waals surface area contributed by atoms with Gasteiger partial charge in [-0.25, -0.2) is 4.79 Å². The first-order valence-corrected chi connectivity index (χ1v) is 6.98. The summed E-state index contributed by atoms with van der Waals surface area (Å²) in [6.45, 7) is 10.5. The van der Waals surface area contributed by atoms with Crippen LogP contribution in [0.4, 0.5) is 4.79 Å². The average molecular weight is 239 g/mol. The molecule has 1 aliphatic heterocycles. The lowest BCUT2D eigenvalue weighted by atomic mass is 9.92. The highest BCUT2D eigenvalue weighted by atomic mass is 16.6. The second kappa shape index (κ2) is 4.87. The molecular formula is C14H25NO2. The molecule has 5 unspecified atom stereocenters. The van der Waals surface area contributed by atoms with Crippen LogP contribution in [0.1, 0.15) is 40.5 Å². The molecule has 0 N–H and O–H groups in total. The topological polar surface area (TPSA) is 29.5 Å². The van der Waals surface area contributed by atoms with E-state index in [2.05, 4.69) is 13.8 Å². The van der Waals surface area contributed by atoms with Crippen LogP contribution in [0.3, 0.4) is 0 Å². The fourth-order valence-electron chi connectivity index (χ4n) is 3.28. The van der Waals surface area contributed by atoms with Crippen LogP contribution in [-0.4, -0.2) is 30.2 Å². The third-order valence-electron chi connectivity index (χ3n) is 4.97. The third kappa shape index (κ3) is 2.43. The Balaban J connectivity index is 1.94. The number of carbonyl (C=O) groups is 1. The van der Waals surface area contributed by atoms with E-state index < -0.39 is 0 Å². The van der Waals surface area contributed by atoms with Crippen LogP contribution in [0.15, 0.2) is 0 Å². The molecule has 5 atom stereocenters. The second-order valence-corrected chi connectivity index (χ2v) is 5.98. The molecule has 1 saturated carbocycles. The second-order valence-electron chi connectivity index (χ2n) is 5.98. The number of hydrogen-bond acceptors (Lipinski definition) is 2. The van der Waals surface area contributed by atoms with Crippen molar-refractivity contribution in [2.24, 2.45) is 23.7 Å². The fourth-order valence-corrected chi connectivity index (χ4v) is 3.28. The van der Waals surface area contributed by atoms with Gasteiger partial charge in [-0.1, -0.05) is 20.8 Å². The Bertz CT molecular complexity index is 276. The van der Waals surface area contributed by atoms with E-state index in [1.165, 1.54) is 6.42 Å². The van der Waals surface area contributed by atoms with E-state index in [0.717, 1.165) is 31.3 Å². The van der Waals surface area contributed by atoms with E-state index in [4.69, 9.17) is 4.74 Å². The van der Waals surface area contributed by atoms with Gasteiger partial charge in [0.1, 0.15) is 6.10 Å². The van der Waals surface area contributed by atoms with Gasteiger partial charge >= 0.3 is 6.09 Å². The Morgan fingerprint density at radius 1 is 1.29 bits per heavy atom. The maximum atomic E-state index is 12.0. The predicted octanol–water partition coefficient (Wildman–Crippen LogP) is 3.15. The molecule has 1 amide bonds. The van der Waals surface area contributed by atoms with E-state index in [-0.39, 0.29) is 12.2 Å². The van der Waals surface area contributed by atoms with Crippen molar-refractivity contribution in [1.82, 2.24) is 4.90 Å². The Labute approximate surface area is 105 Å². The summed E-state index contributed by atoms with van der Waals surface area (Å²) < 4.78 is 5.42. The molecular weight excluding hydrogens is 214 g/mol. The molecule has 0 aromatic carbocycles. The van der Waals surface area contributed by atoms with Crippen molar-refractivity contribution in [3.8, 4) is 0 Å². The Hall–Kier alpha value is -0.730. The van der Waals surface area contributed by atoms with Gasteiger partial charge in [-0.2, -0.15) is 0 Å². The Morgan fingerprint density at radius 2 is 1.82 bits per heavy atom. The van der Waals surface area contributed by atoms with E-state index in [9.17, 15) is 4.79 Å². The van der Waals surface area contributed by atoms with Gasteiger partial charge in [0.2, 0.25) is 0 Å². The number of amides is 1. The molecule has 0 radical (unpaired) electrons. The van der Waals surface area contributed by atoms with Gasteiger partial charge in [-0.05, 0) is 43.4 Å². The predicted molar refractivity (Wildman–Crippen MR) is 67.7 cm³/mol. The molecule has 2 fully saturated rings. The van der Waals surface area contributed by atoms with Crippen molar-refractivity contribution in [2.45, 2.75) is 46.6 Å². The highest BCUT2D eigenvalue weighted by molar-refractivity contribution is 5.68. The number of likely N-dealkylation sites (tertiary alicyclic amines) is 1. The minimum absolute atomic E-state index is 0.0388. The molecule has 0 aromatic heterocycles. The number of carbonyl (C=O) groups excluding carboxylic acids is 1. The molecule has 1 aliphatic carbocycles. The Kier molecular flexibility index (Phi) is 3.64. The Morgan fingerprint density at radius 3 is 2.29 bits per heavy atom. The quantitative estimate of drug-likeness (QED) is 0.741. The lowest BCUT2D eigenvalue weighted by Crippen LogP contribution is -2.42. The van der Waals surface area contributed by atoms with Gasteiger partial charge in [0.25, 0.3) is 0 Å². The van der Waals surface area contributed by atoms with Crippen LogP contribution in [0.25, 0.3) is 0 Å². The number of rotatable bonds is 2. The molecule has 3 heteroatoms. The SMILES string of the molecule is CCC(C)OC(=O)N1CC2CC(C1)C(C)C2C. The molecule has 0 aromatic rings. The first-order valence-electron chi connectivity index (χ1n) is 6.98. The minimum atomic E-state index is -0.102. The van der Waals surface area contributed by atoms with Crippen LogP contribution in [0.2, 0.25) is 0 Å². The summed E-state index contributed by atoms with van der Waals surface area (Å²) in [6.07, 6.45) is 2.13. The van der Waals surface area contributed by atoms with Gasteiger partial charge in [0, 0.05) is 13.1 Å². The zero-order valence-electron chi connectivity index (χ0n) is 11.5. The number of ether oxygens (including phenoxy) is 1. The zero-order valence-corrected chi connectivity index (χ0v) is 11.5. The van der Waals surface area contributed by atoms with E-state index in [1.807, 2.05) is 18.7 Å². The van der Waals surface area contributed by atoms with Crippen LogP contribution in [0, 0.1) is 23.7 Å². The van der Waals surface area contributed by atoms with Crippen LogP contribution in [-0.2, 0) is 4.74 Å². The summed E-state index contributed by atoms with van der Waals surface area (Å²) >= 11 is 0. The molecule has 1 saturated heterocycles. The van der Waals surface area contributed by atoms with Crippen molar-refractivity contribution >= 4 is 6.09 Å². The van der Waals surface area contributed by atoms with Crippen LogP contribution in [0.5, 0.6) is 0 Å². The summed E-state index contributed by atoms with van der Waals surface area (Å²) in [5, 5.41) is 0. The van der Waals surface area contributed by atoms with Gasteiger partial charge in [0.05, 0.1) is 0 Å². The van der Waals surface area contributed by atoms with E-state index >= 15 is 0 Å². The lowest BCUT2D eigenvalue weighted by Gasteiger charge is -2.32. The van der Waals surface area contributed by atoms with Gasteiger partial charge in [-0.3, -0.25) is 0 Å². The normalized spacial score (nSPS) is 38.0. The number of piperidine rings is 1. The summed E-state index contributed by atoms with van der Waals surface area (Å²) in [5.41, 5.74) is 0. The van der Waals surface area contributed by atoms with E-state index in [0.29, 0.717) is 11.8 Å². The first kappa shape index (κ1) is 12.7. The number of fused-ring (bicyclic) bond motifs is 2. The standard InChI is InChI=1S/C14H25NO2/c1-5-9(2)17-14(16)15-7-12-6-13(8-15)11(4)10(12)3/h9-13H,5-8H2,1-4H3. The maximum absolute atomic E-state index is 12.0. The van der Waals surface area contributed by atoms with Crippen molar-refractivity contribution in [1.29, 1.82) is 0 Å². The van der Waals surface area contributed by atoms with Crippen molar-refractivity contribution in [3.63, 3.8) is 0 Å². The summed E-state index contributed by atoms with van der Waals surface area (Å²) in [4.78, 5) is 13.9. The molecule has 98 valence electrons. The molecule has 0 spiro atoms. The molecule has 2 rings (SSSR count). The molecule has 1 heterocycles. The van der Waals surface area contributed by atoms with E-state index in [1.54, 1.807) is 0 Å². The lowest BCUT2D eigenvalue weighted by molar-refractivity contribution is 0.0518. The fraction of sp³-hybridized carbons (Fsp3) is 0.929. The van der Waals surface area contributed by atoms with Gasteiger partial charge in [-0.15, -0.1) is 0 Å². The molecule has 2 aliphatic rings.